The average molecular weight is 306 g/mol. The zero-order valence-corrected chi connectivity index (χ0v) is 13.1. The van der Waals surface area contributed by atoms with Crippen LogP contribution < -0.4 is 14.8 Å². The van der Waals surface area contributed by atoms with E-state index in [1.54, 1.807) is 4.90 Å². The lowest BCUT2D eigenvalue weighted by molar-refractivity contribution is -0.129. The summed E-state index contributed by atoms with van der Waals surface area (Å²) in [7, 11) is 0. The van der Waals surface area contributed by atoms with Gasteiger partial charge in [0.2, 0.25) is 18.6 Å². The third kappa shape index (κ3) is 4.38. The van der Waals surface area contributed by atoms with E-state index in [4.69, 9.17) is 9.47 Å². The summed E-state index contributed by atoms with van der Waals surface area (Å²) in [6.07, 6.45) is 1.20. The highest BCUT2D eigenvalue weighted by Gasteiger charge is 2.14. The molecule has 1 aromatic rings. The number of ether oxygens (including phenoxy) is 2. The minimum Gasteiger partial charge on any atom is -0.454 e. The van der Waals surface area contributed by atoms with Crippen molar-refractivity contribution >= 4 is 11.8 Å². The van der Waals surface area contributed by atoms with Crippen LogP contribution in [0.2, 0.25) is 0 Å². The van der Waals surface area contributed by atoms with Crippen molar-refractivity contribution < 1.29 is 19.1 Å². The van der Waals surface area contributed by atoms with E-state index in [0.717, 1.165) is 17.7 Å². The first kappa shape index (κ1) is 16.1. The molecule has 1 heterocycles. The molecule has 2 rings (SSSR count). The molecule has 2 amide bonds. The second-order valence-electron chi connectivity index (χ2n) is 5.22. The number of hydrogen-bond acceptors (Lipinski definition) is 4. The Balaban J connectivity index is 1.76. The van der Waals surface area contributed by atoms with Gasteiger partial charge in [-0.15, -0.1) is 0 Å². The molecule has 6 nitrogen and oxygen atoms in total. The van der Waals surface area contributed by atoms with Crippen molar-refractivity contribution in [2.45, 2.75) is 33.2 Å². The van der Waals surface area contributed by atoms with Crippen LogP contribution in [-0.4, -0.2) is 36.6 Å². The predicted octanol–water partition coefficient (Wildman–Crippen LogP) is 1.68. The molecule has 0 unspecified atom stereocenters. The summed E-state index contributed by atoms with van der Waals surface area (Å²) in [4.78, 5) is 25.0. The number of rotatable bonds is 7. The van der Waals surface area contributed by atoms with Gasteiger partial charge in [0.1, 0.15) is 0 Å². The third-order valence-corrected chi connectivity index (χ3v) is 3.47. The highest BCUT2D eigenvalue weighted by Crippen LogP contribution is 2.32. The molecular formula is C16H22N2O4. The van der Waals surface area contributed by atoms with Crippen molar-refractivity contribution in [3.8, 4) is 11.5 Å². The van der Waals surface area contributed by atoms with Crippen LogP contribution in [0.4, 0.5) is 0 Å². The van der Waals surface area contributed by atoms with E-state index < -0.39 is 0 Å². The Hall–Kier alpha value is -2.24. The lowest BCUT2D eigenvalue weighted by atomic mass is 10.2. The van der Waals surface area contributed by atoms with Gasteiger partial charge in [-0.3, -0.25) is 9.59 Å². The lowest BCUT2D eigenvalue weighted by Gasteiger charge is -2.19. The van der Waals surface area contributed by atoms with Crippen LogP contribution in [-0.2, 0) is 16.1 Å². The second kappa shape index (κ2) is 7.68. The summed E-state index contributed by atoms with van der Waals surface area (Å²) < 4.78 is 10.5. The van der Waals surface area contributed by atoms with Gasteiger partial charge in [-0.05, 0) is 24.1 Å². The number of fused-ring (bicyclic) bond motifs is 1. The fraction of sp³-hybridized carbons (Fsp3) is 0.500. The molecule has 120 valence electrons. The van der Waals surface area contributed by atoms with Crippen molar-refractivity contribution in [2.75, 3.05) is 19.9 Å². The van der Waals surface area contributed by atoms with Crippen LogP contribution in [0.15, 0.2) is 18.2 Å². The average Bonchev–Trinajstić information content (AvgIpc) is 2.96. The summed E-state index contributed by atoms with van der Waals surface area (Å²) in [6, 6.07) is 5.59. The van der Waals surface area contributed by atoms with E-state index in [-0.39, 0.29) is 18.6 Å². The minimum absolute atomic E-state index is 0.00502. The molecule has 6 heteroatoms. The molecule has 0 saturated heterocycles. The Morgan fingerprint density at radius 2 is 2.00 bits per heavy atom. The maximum Gasteiger partial charge on any atom is 0.231 e. The Morgan fingerprint density at radius 3 is 2.73 bits per heavy atom. The van der Waals surface area contributed by atoms with E-state index in [9.17, 15) is 9.59 Å². The highest BCUT2D eigenvalue weighted by atomic mass is 16.7. The van der Waals surface area contributed by atoms with Gasteiger partial charge in [0.15, 0.2) is 11.5 Å². The standard InChI is InChI=1S/C16H22N2O4/c1-3-7-18(12(2)19)8-6-16(20)17-10-13-4-5-14-15(9-13)22-11-21-14/h4-5,9H,3,6-8,10-11H2,1-2H3,(H,17,20). The molecule has 22 heavy (non-hydrogen) atoms. The second-order valence-corrected chi connectivity index (χ2v) is 5.22. The largest absolute Gasteiger partial charge is 0.454 e. The zero-order chi connectivity index (χ0) is 15.9. The van der Waals surface area contributed by atoms with Crippen molar-refractivity contribution in [1.82, 2.24) is 10.2 Å². The number of benzene rings is 1. The Bertz CT molecular complexity index is 545. The van der Waals surface area contributed by atoms with Crippen LogP contribution in [0.1, 0.15) is 32.3 Å². The molecular weight excluding hydrogens is 284 g/mol. The Morgan fingerprint density at radius 1 is 1.23 bits per heavy atom. The van der Waals surface area contributed by atoms with Gasteiger partial charge >= 0.3 is 0 Å². The molecule has 1 aliphatic rings. The van der Waals surface area contributed by atoms with E-state index >= 15 is 0 Å². The number of nitrogens with one attached hydrogen (secondary N) is 1. The van der Waals surface area contributed by atoms with E-state index in [2.05, 4.69) is 5.32 Å². The normalized spacial score (nSPS) is 12.1. The fourth-order valence-electron chi connectivity index (χ4n) is 2.27. The summed E-state index contributed by atoms with van der Waals surface area (Å²) in [6.45, 7) is 5.35. The molecule has 0 spiro atoms. The molecule has 0 atom stereocenters. The lowest BCUT2D eigenvalue weighted by Crippen LogP contribution is -2.34. The number of nitrogens with zero attached hydrogens (tertiary/aromatic N) is 1. The molecule has 1 N–H and O–H groups in total. The summed E-state index contributed by atoms with van der Waals surface area (Å²) >= 11 is 0. The number of amides is 2. The fourth-order valence-corrected chi connectivity index (χ4v) is 2.27. The first-order chi connectivity index (χ1) is 10.6. The Kier molecular flexibility index (Phi) is 5.63. The van der Waals surface area contributed by atoms with Crippen LogP contribution in [0.25, 0.3) is 0 Å². The highest BCUT2D eigenvalue weighted by molar-refractivity contribution is 5.78. The zero-order valence-electron chi connectivity index (χ0n) is 13.1. The van der Waals surface area contributed by atoms with Gasteiger partial charge in [0.05, 0.1) is 0 Å². The first-order valence-electron chi connectivity index (χ1n) is 7.51. The molecule has 1 aromatic carbocycles. The van der Waals surface area contributed by atoms with Crippen molar-refractivity contribution in [2.24, 2.45) is 0 Å². The summed E-state index contributed by atoms with van der Waals surface area (Å²) in [5.41, 5.74) is 0.953. The van der Waals surface area contributed by atoms with E-state index in [1.165, 1.54) is 6.92 Å². The molecule has 0 aromatic heterocycles. The third-order valence-electron chi connectivity index (χ3n) is 3.47. The number of carbonyl (C=O) groups is 2. The topological polar surface area (TPSA) is 67.9 Å². The predicted molar refractivity (Wildman–Crippen MR) is 81.6 cm³/mol. The van der Waals surface area contributed by atoms with Gasteiger partial charge in [-0.25, -0.2) is 0 Å². The van der Waals surface area contributed by atoms with Gasteiger partial charge in [0.25, 0.3) is 0 Å². The van der Waals surface area contributed by atoms with Gasteiger partial charge in [-0.2, -0.15) is 0 Å². The molecule has 0 aliphatic carbocycles. The van der Waals surface area contributed by atoms with Crippen molar-refractivity contribution in [1.29, 1.82) is 0 Å². The Labute approximate surface area is 130 Å². The number of hydrogen-bond donors (Lipinski definition) is 1. The maximum absolute atomic E-state index is 11.9. The molecule has 1 aliphatic heterocycles. The summed E-state index contributed by atoms with van der Waals surface area (Å²) in [5.74, 6) is 1.37. The van der Waals surface area contributed by atoms with Crippen LogP contribution in [0.3, 0.4) is 0 Å². The molecule has 0 fully saturated rings. The van der Waals surface area contributed by atoms with Gasteiger partial charge < -0.3 is 19.7 Å². The smallest absolute Gasteiger partial charge is 0.231 e. The molecule has 0 radical (unpaired) electrons. The SMILES string of the molecule is CCCN(CCC(=O)NCc1ccc2c(c1)OCO2)C(C)=O. The minimum atomic E-state index is -0.0694. The summed E-state index contributed by atoms with van der Waals surface area (Å²) in [5, 5.41) is 2.85. The van der Waals surface area contributed by atoms with Crippen LogP contribution in [0, 0.1) is 0 Å². The van der Waals surface area contributed by atoms with Crippen molar-refractivity contribution in [3.05, 3.63) is 23.8 Å². The quantitative estimate of drug-likeness (QED) is 0.832. The van der Waals surface area contributed by atoms with Gasteiger partial charge in [-0.1, -0.05) is 13.0 Å². The monoisotopic (exact) mass is 306 g/mol. The van der Waals surface area contributed by atoms with Crippen LogP contribution in [0.5, 0.6) is 11.5 Å². The molecule has 0 saturated carbocycles. The first-order valence-corrected chi connectivity index (χ1v) is 7.51. The van der Waals surface area contributed by atoms with Crippen molar-refractivity contribution in [3.63, 3.8) is 0 Å². The van der Waals surface area contributed by atoms with Gasteiger partial charge in [0, 0.05) is 33.0 Å². The van der Waals surface area contributed by atoms with Crippen LogP contribution >= 0.6 is 0 Å². The number of carbonyl (C=O) groups excluding carboxylic acids is 2. The maximum atomic E-state index is 11.9. The van der Waals surface area contributed by atoms with E-state index in [1.807, 2.05) is 25.1 Å². The molecule has 0 bridgehead atoms. The van der Waals surface area contributed by atoms with E-state index in [0.29, 0.717) is 31.8 Å².